The molecule has 2 fully saturated rings. The Hall–Kier alpha value is -0.160. The highest BCUT2D eigenvalue weighted by molar-refractivity contribution is 4.89. The average Bonchev–Trinajstić information content (AvgIpc) is 2.59. The van der Waals surface area contributed by atoms with Gasteiger partial charge in [0.1, 0.15) is 0 Å². The van der Waals surface area contributed by atoms with Gasteiger partial charge in [0.2, 0.25) is 0 Å². The fourth-order valence-electron chi connectivity index (χ4n) is 3.57. The second-order valence-corrected chi connectivity index (χ2v) is 7.06. The molecular weight excluding hydrogens is 252 g/mol. The van der Waals surface area contributed by atoms with Gasteiger partial charge in [-0.3, -0.25) is 0 Å². The monoisotopic (exact) mass is 284 g/mol. The van der Waals surface area contributed by atoms with Crippen molar-refractivity contribution in [2.45, 2.75) is 51.6 Å². The first-order valence-corrected chi connectivity index (χ1v) is 8.29. The van der Waals surface area contributed by atoms with Crippen LogP contribution in [0.5, 0.6) is 0 Å². The van der Waals surface area contributed by atoms with Crippen LogP contribution >= 0.6 is 0 Å². The SMILES string of the molecule is CCNCC1(CN2CCCC(C)(O)CC2)CCCOC1. The third-order valence-electron chi connectivity index (χ3n) is 4.87. The molecule has 2 aliphatic rings. The Bertz CT molecular complexity index is 288. The van der Waals surface area contributed by atoms with Crippen molar-refractivity contribution in [3.05, 3.63) is 0 Å². The summed E-state index contributed by atoms with van der Waals surface area (Å²) in [6, 6.07) is 0. The van der Waals surface area contributed by atoms with Gasteiger partial charge in [-0.05, 0) is 52.1 Å². The van der Waals surface area contributed by atoms with Crippen molar-refractivity contribution in [1.29, 1.82) is 0 Å². The highest BCUT2D eigenvalue weighted by Crippen LogP contribution is 2.31. The fraction of sp³-hybridized carbons (Fsp3) is 1.00. The lowest BCUT2D eigenvalue weighted by Crippen LogP contribution is -2.49. The molecule has 2 saturated heterocycles. The molecule has 2 aliphatic heterocycles. The first kappa shape index (κ1) is 16.2. The number of ether oxygens (including phenoxy) is 1. The summed E-state index contributed by atoms with van der Waals surface area (Å²) in [6.07, 6.45) is 5.36. The molecule has 0 aromatic rings. The molecule has 4 heteroatoms. The number of rotatable bonds is 5. The molecule has 2 atom stereocenters. The van der Waals surface area contributed by atoms with E-state index in [1.165, 1.54) is 12.8 Å². The quantitative estimate of drug-likeness (QED) is 0.805. The highest BCUT2D eigenvalue weighted by Gasteiger charge is 2.35. The average molecular weight is 284 g/mol. The van der Waals surface area contributed by atoms with Gasteiger partial charge in [-0.25, -0.2) is 0 Å². The molecular formula is C16H32N2O2. The van der Waals surface area contributed by atoms with E-state index in [0.29, 0.717) is 0 Å². The smallest absolute Gasteiger partial charge is 0.0632 e. The Morgan fingerprint density at radius 1 is 1.20 bits per heavy atom. The number of nitrogens with zero attached hydrogens (tertiary/aromatic N) is 1. The van der Waals surface area contributed by atoms with E-state index in [9.17, 15) is 5.11 Å². The Labute approximate surface area is 123 Å². The molecule has 0 radical (unpaired) electrons. The zero-order valence-corrected chi connectivity index (χ0v) is 13.3. The second-order valence-electron chi connectivity index (χ2n) is 7.06. The molecule has 118 valence electrons. The fourth-order valence-corrected chi connectivity index (χ4v) is 3.57. The number of hydrogen-bond acceptors (Lipinski definition) is 4. The van der Waals surface area contributed by atoms with Crippen molar-refractivity contribution >= 4 is 0 Å². The molecule has 2 unspecified atom stereocenters. The Morgan fingerprint density at radius 3 is 2.75 bits per heavy atom. The third kappa shape index (κ3) is 4.69. The molecule has 20 heavy (non-hydrogen) atoms. The van der Waals surface area contributed by atoms with Crippen LogP contribution in [-0.4, -0.2) is 61.5 Å². The van der Waals surface area contributed by atoms with Crippen LogP contribution in [0.2, 0.25) is 0 Å². The minimum absolute atomic E-state index is 0.268. The van der Waals surface area contributed by atoms with Crippen LogP contribution in [0.15, 0.2) is 0 Å². The first-order chi connectivity index (χ1) is 9.55. The molecule has 0 spiro atoms. The van der Waals surface area contributed by atoms with Gasteiger partial charge in [-0.1, -0.05) is 6.92 Å². The van der Waals surface area contributed by atoms with E-state index in [0.717, 1.165) is 65.2 Å². The molecule has 2 rings (SSSR count). The lowest BCUT2D eigenvalue weighted by Gasteiger charge is -2.41. The van der Waals surface area contributed by atoms with Gasteiger partial charge in [-0.15, -0.1) is 0 Å². The zero-order valence-electron chi connectivity index (χ0n) is 13.3. The predicted octanol–water partition coefficient (Wildman–Crippen LogP) is 1.63. The van der Waals surface area contributed by atoms with Crippen LogP contribution in [-0.2, 0) is 4.74 Å². The van der Waals surface area contributed by atoms with Gasteiger partial charge >= 0.3 is 0 Å². The summed E-state index contributed by atoms with van der Waals surface area (Å²) in [5.74, 6) is 0. The van der Waals surface area contributed by atoms with E-state index in [2.05, 4.69) is 17.1 Å². The predicted molar refractivity (Wildman–Crippen MR) is 81.9 cm³/mol. The molecule has 2 N–H and O–H groups in total. The largest absolute Gasteiger partial charge is 0.390 e. The Balaban J connectivity index is 1.93. The number of hydrogen-bond donors (Lipinski definition) is 2. The van der Waals surface area contributed by atoms with E-state index in [1.807, 2.05) is 6.92 Å². The van der Waals surface area contributed by atoms with Crippen LogP contribution in [0.4, 0.5) is 0 Å². The van der Waals surface area contributed by atoms with E-state index in [-0.39, 0.29) is 5.41 Å². The highest BCUT2D eigenvalue weighted by atomic mass is 16.5. The molecule has 0 aliphatic carbocycles. The molecule has 0 bridgehead atoms. The maximum absolute atomic E-state index is 10.2. The molecule has 2 heterocycles. The van der Waals surface area contributed by atoms with Gasteiger partial charge in [-0.2, -0.15) is 0 Å². The van der Waals surface area contributed by atoms with Gasteiger partial charge < -0.3 is 20.1 Å². The molecule has 0 aromatic heterocycles. The van der Waals surface area contributed by atoms with Crippen molar-refractivity contribution in [2.75, 3.05) is 45.9 Å². The van der Waals surface area contributed by atoms with Crippen LogP contribution in [0, 0.1) is 5.41 Å². The van der Waals surface area contributed by atoms with E-state index in [1.54, 1.807) is 0 Å². The lowest BCUT2D eigenvalue weighted by molar-refractivity contribution is -0.0269. The van der Waals surface area contributed by atoms with Crippen LogP contribution in [0.3, 0.4) is 0 Å². The number of aliphatic hydroxyl groups is 1. The summed E-state index contributed by atoms with van der Waals surface area (Å²) in [5.41, 5.74) is -0.197. The normalized spacial score (nSPS) is 36.8. The molecule has 4 nitrogen and oxygen atoms in total. The van der Waals surface area contributed by atoms with Crippen molar-refractivity contribution in [1.82, 2.24) is 10.2 Å². The molecule has 0 saturated carbocycles. The van der Waals surface area contributed by atoms with Gasteiger partial charge in [0, 0.05) is 31.7 Å². The van der Waals surface area contributed by atoms with Gasteiger partial charge in [0.05, 0.1) is 12.2 Å². The van der Waals surface area contributed by atoms with E-state index >= 15 is 0 Å². The Morgan fingerprint density at radius 2 is 2.05 bits per heavy atom. The summed E-state index contributed by atoms with van der Waals surface area (Å²) < 4.78 is 5.78. The van der Waals surface area contributed by atoms with E-state index < -0.39 is 5.60 Å². The van der Waals surface area contributed by atoms with Crippen LogP contribution in [0.25, 0.3) is 0 Å². The molecule has 0 aromatic carbocycles. The van der Waals surface area contributed by atoms with Crippen molar-refractivity contribution in [2.24, 2.45) is 5.41 Å². The zero-order chi connectivity index (χ0) is 14.5. The van der Waals surface area contributed by atoms with Crippen molar-refractivity contribution in [3.63, 3.8) is 0 Å². The maximum atomic E-state index is 10.2. The Kier molecular flexibility index (Phi) is 5.84. The summed E-state index contributed by atoms with van der Waals surface area (Å²) in [6.45, 7) is 11.3. The number of nitrogens with one attached hydrogen (secondary N) is 1. The second kappa shape index (κ2) is 7.21. The summed E-state index contributed by atoms with van der Waals surface area (Å²) >= 11 is 0. The summed E-state index contributed by atoms with van der Waals surface area (Å²) in [5, 5.41) is 13.7. The maximum Gasteiger partial charge on any atom is 0.0632 e. The van der Waals surface area contributed by atoms with Gasteiger partial charge in [0.25, 0.3) is 0 Å². The minimum Gasteiger partial charge on any atom is -0.390 e. The lowest BCUT2D eigenvalue weighted by atomic mass is 9.81. The minimum atomic E-state index is -0.466. The van der Waals surface area contributed by atoms with Crippen LogP contribution in [0.1, 0.15) is 46.0 Å². The van der Waals surface area contributed by atoms with Gasteiger partial charge in [0.15, 0.2) is 0 Å². The number of likely N-dealkylation sites (tertiary alicyclic amines) is 1. The van der Waals surface area contributed by atoms with E-state index in [4.69, 9.17) is 4.74 Å². The standard InChI is InChI=1S/C16H32N2O2/c1-3-17-12-16(7-5-11-20-14-16)13-18-9-4-6-15(2,19)8-10-18/h17,19H,3-14H2,1-2H3. The van der Waals surface area contributed by atoms with Crippen molar-refractivity contribution < 1.29 is 9.84 Å². The van der Waals surface area contributed by atoms with Crippen LogP contribution < -0.4 is 5.32 Å². The van der Waals surface area contributed by atoms with Crippen molar-refractivity contribution in [3.8, 4) is 0 Å². The topological polar surface area (TPSA) is 44.7 Å². The third-order valence-corrected chi connectivity index (χ3v) is 4.87. The molecule has 0 amide bonds. The first-order valence-electron chi connectivity index (χ1n) is 8.29. The summed E-state index contributed by atoms with van der Waals surface area (Å²) in [7, 11) is 0. The summed E-state index contributed by atoms with van der Waals surface area (Å²) in [4.78, 5) is 2.55.